The maximum atomic E-state index is 13.8. The molecule has 3 N–H and O–H groups in total. The molecule has 1 aromatic carbocycles. The monoisotopic (exact) mass is 716 g/mol. The molecule has 2 saturated heterocycles. The zero-order valence-electron chi connectivity index (χ0n) is 24.7. The number of nitrogens with one attached hydrogen (secondary N) is 3. The van der Waals surface area contributed by atoms with Gasteiger partial charge in [-0.05, 0) is 109 Å². The van der Waals surface area contributed by atoms with Crippen LogP contribution in [-0.4, -0.2) is 76.3 Å². The molecular weight excluding hydrogens is 681 g/mol. The van der Waals surface area contributed by atoms with Gasteiger partial charge in [0.25, 0.3) is 0 Å². The Morgan fingerprint density at radius 1 is 0.864 bits per heavy atom. The minimum absolute atomic E-state index is 0.0387. The SMILES string of the molecule is CCOc1cc(CN2CCC(Nc3nc(Cl)ncc3F)CC2)cc(OCC)c1Br.Fc1cnc(Cl)nc1NC1CCNCC1. The Balaban J connectivity index is 0.000000246. The number of aromatic nitrogens is 4. The Morgan fingerprint density at radius 3 is 1.82 bits per heavy atom. The fourth-order valence-corrected chi connectivity index (χ4v) is 5.70. The lowest BCUT2D eigenvalue weighted by Crippen LogP contribution is -2.39. The molecule has 0 radical (unpaired) electrons. The highest BCUT2D eigenvalue weighted by Gasteiger charge is 2.22. The first-order valence-corrected chi connectivity index (χ1v) is 16.2. The summed E-state index contributed by atoms with van der Waals surface area (Å²) in [7, 11) is 0. The van der Waals surface area contributed by atoms with Crippen LogP contribution < -0.4 is 25.4 Å². The van der Waals surface area contributed by atoms with Gasteiger partial charge in [-0.15, -0.1) is 0 Å². The third-order valence-corrected chi connectivity index (χ3v) is 8.26. The molecule has 0 amide bonds. The van der Waals surface area contributed by atoms with Crippen molar-refractivity contribution in [3.8, 4) is 11.5 Å². The maximum Gasteiger partial charge on any atom is 0.224 e. The molecule has 2 aliphatic rings. The van der Waals surface area contributed by atoms with E-state index in [1.165, 1.54) is 0 Å². The lowest BCUT2D eigenvalue weighted by Gasteiger charge is -2.32. The molecule has 10 nitrogen and oxygen atoms in total. The van der Waals surface area contributed by atoms with Crippen LogP contribution in [0.15, 0.2) is 29.0 Å². The second-order valence-corrected chi connectivity index (χ2v) is 11.8. The van der Waals surface area contributed by atoms with E-state index in [4.69, 9.17) is 32.7 Å². The number of ether oxygens (including phenoxy) is 2. The van der Waals surface area contributed by atoms with Gasteiger partial charge in [0.05, 0.1) is 25.6 Å². The molecule has 0 spiro atoms. The summed E-state index contributed by atoms with van der Waals surface area (Å²) in [6, 6.07) is 4.51. The van der Waals surface area contributed by atoms with Crippen LogP contribution in [0, 0.1) is 11.6 Å². The van der Waals surface area contributed by atoms with Crippen LogP contribution >= 0.6 is 39.1 Å². The fourth-order valence-electron chi connectivity index (χ4n) is 4.98. The van der Waals surface area contributed by atoms with Crippen LogP contribution in [0.25, 0.3) is 0 Å². The van der Waals surface area contributed by atoms with Crippen LogP contribution in [0.1, 0.15) is 45.1 Å². The van der Waals surface area contributed by atoms with Crippen LogP contribution in [0.4, 0.5) is 20.4 Å². The molecule has 2 aliphatic heterocycles. The third kappa shape index (κ3) is 10.2. The molecule has 4 heterocycles. The van der Waals surface area contributed by atoms with Crippen molar-refractivity contribution in [3.05, 3.63) is 56.8 Å². The number of likely N-dealkylation sites (tertiary alicyclic amines) is 1. The normalized spacial score (nSPS) is 16.2. The predicted octanol–water partition coefficient (Wildman–Crippen LogP) is 6.34. The van der Waals surface area contributed by atoms with E-state index in [1.54, 1.807) is 0 Å². The highest BCUT2D eigenvalue weighted by Crippen LogP contribution is 2.36. The number of anilines is 2. The zero-order valence-corrected chi connectivity index (χ0v) is 27.8. The number of hydrogen-bond donors (Lipinski definition) is 3. The van der Waals surface area contributed by atoms with Crippen molar-refractivity contribution in [1.29, 1.82) is 0 Å². The molecule has 15 heteroatoms. The lowest BCUT2D eigenvalue weighted by molar-refractivity contribution is 0.210. The zero-order chi connectivity index (χ0) is 31.5. The van der Waals surface area contributed by atoms with Gasteiger partial charge in [-0.3, -0.25) is 4.90 Å². The Bertz CT molecular complexity index is 1340. The van der Waals surface area contributed by atoms with E-state index in [1.807, 2.05) is 13.8 Å². The summed E-state index contributed by atoms with van der Waals surface area (Å²) in [5.41, 5.74) is 1.14. The molecule has 2 fully saturated rings. The topological polar surface area (TPSA) is 109 Å². The summed E-state index contributed by atoms with van der Waals surface area (Å²) in [5.74, 6) is 1.000. The molecule has 0 aliphatic carbocycles. The van der Waals surface area contributed by atoms with Crippen LogP contribution in [-0.2, 0) is 6.54 Å². The molecule has 0 unspecified atom stereocenters. The fraction of sp³-hybridized carbons (Fsp3) is 0.517. The minimum Gasteiger partial charge on any atom is -0.493 e. The maximum absolute atomic E-state index is 13.8. The summed E-state index contributed by atoms with van der Waals surface area (Å²) in [6.07, 6.45) is 5.86. The standard InChI is InChI=1S/C20H25BrClFN4O2.C9H12ClFN4/c1-3-28-16-9-13(10-17(18(16)21)29-4-2)12-27-7-5-14(6-8-27)25-19-15(23)11-24-20(22)26-19;10-9-13-5-7(11)8(15-9)14-6-1-3-12-4-2-6/h9-11,14H,3-8,12H2,1-2H3,(H,24,25,26);5-6,12H,1-4H2,(H,13,14,15). The highest BCUT2D eigenvalue weighted by atomic mass is 79.9. The molecule has 44 heavy (non-hydrogen) atoms. The van der Waals surface area contributed by atoms with Crippen LogP contribution in [0.3, 0.4) is 0 Å². The van der Waals surface area contributed by atoms with Gasteiger partial charge in [0.2, 0.25) is 10.6 Å². The van der Waals surface area contributed by atoms with Crippen molar-refractivity contribution in [2.45, 2.75) is 58.2 Å². The van der Waals surface area contributed by atoms with Gasteiger partial charge in [0.15, 0.2) is 23.3 Å². The van der Waals surface area contributed by atoms with E-state index in [0.29, 0.717) is 13.2 Å². The average Bonchev–Trinajstić information content (AvgIpc) is 3.01. The van der Waals surface area contributed by atoms with Gasteiger partial charge in [-0.25, -0.2) is 18.7 Å². The average molecular weight is 718 g/mol. The van der Waals surface area contributed by atoms with E-state index in [2.05, 4.69) is 68.8 Å². The first-order chi connectivity index (χ1) is 21.2. The molecule has 240 valence electrons. The second kappa shape index (κ2) is 17.2. The van der Waals surface area contributed by atoms with Crippen molar-refractivity contribution in [3.63, 3.8) is 0 Å². The minimum atomic E-state index is -0.487. The summed E-state index contributed by atoms with van der Waals surface area (Å²) in [4.78, 5) is 17.3. The predicted molar refractivity (Wildman–Crippen MR) is 172 cm³/mol. The van der Waals surface area contributed by atoms with Crippen molar-refractivity contribution >= 4 is 50.8 Å². The Morgan fingerprint density at radius 2 is 1.34 bits per heavy atom. The summed E-state index contributed by atoms with van der Waals surface area (Å²) >= 11 is 14.9. The molecular formula is C29H37BrCl2F2N8O2. The Kier molecular flexibility index (Phi) is 13.4. The summed E-state index contributed by atoms with van der Waals surface area (Å²) in [6.45, 7) is 9.58. The third-order valence-electron chi connectivity index (χ3n) is 7.11. The van der Waals surface area contributed by atoms with Crippen LogP contribution in [0.2, 0.25) is 10.6 Å². The van der Waals surface area contributed by atoms with Crippen molar-refractivity contribution in [2.24, 2.45) is 0 Å². The van der Waals surface area contributed by atoms with Gasteiger partial charge >= 0.3 is 0 Å². The summed E-state index contributed by atoms with van der Waals surface area (Å²) in [5, 5.41) is 9.52. The number of rotatable bonds is 10. The number of halogens is 5. The largest absolute Gasteiger partial charge is 0.493 e. The molecule has 0 saturated carbocycles. The van der Waals surface area contributed by atoms with Gasteiger partial charge in [-0.2, -0.15) is 9.97 Å². The summed E-state index contributed by atoms with van der Waals surface area (Å²) < 4.78 is 39.4. The molecule has 2 aromatic heterocycles. The van der Waals surface area contributed by atoms with E-state index in [9.17, 15) is 8.78 Å². The number of nitrogens with zero attached hydrogens (tertiary/aromatic N) is 5. The van der Waals surface area contributed by atoms with Crippen molar-refractivity contribution in [1.82, 2.24) is 30.2 Å². The van der Waals surface area contributed by atoms with Crippen LogP contribution in [0.5, 0.6) is 11.5 Å². The molecule has 3 aromatic rings. The second-order valence-electron chi connectivity index (χ2n) is 10.3. The lowest BCUT2D eigenvalue weighted by atomic mass is 10.0. The molecule has 0 bridgehead atoms. The Labute approximate surface area is 274 Å². The van der Waals surface area contributed by atoms with Crippen molar-refractivity contribution in [2.75, 3.05) is 50.0 Å². The molecule has 0 atom stereocenters. The van der Waals surface area contributed by atoms with Gasteiger partial charge < -0.3 is 25.4 Å². The quantitative estimate of drug-likeness (QED) is 0.206. The number of piperidine rings is 2. The van der Waals surface area contributed by atoms with E-state index < -0.39 is 11.6 Å². The van der Waals surface area contributed by atoms with Crippen molar-refractivity contribution < 1.29 is 18.3 Å². The van der Waals surface area contributed by atoms with Gasteiger partial charge in [0.1, 0.15) is 16.0 Å². The van der Waals surface area contributed by atoms with E-state index >= 15 is 0 Å². The number of benzene rings is 1. The van der Waals surface area contributed by atoms with E-state index in [-0.39, 0.29) is 34.3 Å². The van der Waals surface area contributed by atoms with Gasteiger partial charge in [-0.1, -0.05) is 0 Å². The highest BCUT2D eigenvalue weighted by molar-refractivity contribution is 9.10. The first-order valence-electron chi connectivity index (χ1n) is 14.7. The Hall–Kier alpha value is -2.58. The van der Waals surface area contributed by atoms with E-state index in [0.717, 1.165) is 92.3 Å². The first kappa shape index (κ1) is 34.3. The smallest absolute Gasteiger partial charge is 0.224 e. The van der Waals surface area contributed by atoms with Gasteiger partial charge in [0, 0.05) is 31.7 Å². The molecule has 5 rings (SSSR count). The number of hydrogen-bond acceptors (Lipinski definition) is 10.